The predicted molar refractivity (Wildman–Crippen MR) is 99.0 cm³/mol. The van der Waals surface area contributed by atoms with Gasteiger partial charge in [-0.1, -0.05) is 25.5 Å². The summed E-state index contributed by atoms with van der Waals surface area (Å²) in [6.07, 6.45) is -0.583. The number of ether oxygens (including phenoxy) is 2. The van der Waals surface area contributed by atoms with E-state index >= 15 is 0 Å². The Morgan fingerprint density at radius 2 is 1.79 bits per heavy atom. The second-order valence-electron chi connectivity index (χ2n) is 5.91. The van der Waals surface area contributed by atoms with E-state index in [0.717, 1.165) is 12.5 Å². The normalized spacial score (nSPS) is 12.4. The number of aliphatic carboxylic acids is 1. The van der Waals surface area contributed by atoms with Crippen LogP contribution in [-0.2, 0) is 10.9 Å². The lowest BCUT2D eigenvalue weighted by Gasteiger charge is -2.19. The van der Waals surface area contributed by atoms with Crippen LogP contribution in [0.2, 0.25) is 0 Å². The highest BCUT2D eigenvalue weighted by Gasteiger charge is 2.34. The van der Waals surface area contributed by atoms with Gasteiger partial charge in [-0.3, -0.25) is 0 Å². The monoisotopic (exact) mass is 387 g/mol. The maximum absolute atomic E-state index is 14.4. The summed E-state index contributed by atoms with van der Waals surface area (Å²) in [5, 5.41) is 17.6. The summed E-state index contributed by atoms with van der Waals surface area (Å²) in [4.78, 5) is 10.5. The van der Waals surface area contributed by atoms with Crippen LogP contribution >= 0.6 is 0 Å². The van der Waals surface area contributed by atoms with E-state index in [4.69, 9.17) is 19.8 Å². The minimum atomic E-state index is -3.57. The second-order valence-corrected chi connectivity index (χ2v) is 5.91. The molecule has 0 aromatic heterocycles. The van der Waals surface area contributed by atoms with Crippen molar-refractivity contribution in [2.45, 2.75) is 32.0 Å². The van der Waals surface area contributed by atoms with E-state index in [1.807, 2.05) is 13.0 Å². The van der Waals surface area contributed by atoms with Crippen molar-refractivity contribution in [2.24, 2.45) is 0 Å². The molecular formula is C21H19F2NO4. The fraction of sp³-hybridized carbons (Fsp3) is 0.238. The largest absolute Gasteiger partial charge is 0.478 e. The highest BCUT2D eigenvalue weighted by molar-refractivity contribution is 5.85. The zero-order valence-electron chi connectivity index (χ0n) is 15.1. The van der Waals surface area contributed by atoms with Crippen LogP contribution in [0.25, 0.3) is 6.08 Å². The summed E-state index contributed by atoms with van der Waals surface area (Å²) >= 11 is 0. The molecule has 0 heterocycles. The molecule has 0 saturated carbocycles. The van der Waals surface area contributed by atoms with E-state index in [1.165, 1.54) is 54.6 Å². The molecule has 7 heteroatoms. The van der Waals surface area contributed by atoms with Crippen LogP contribution in [0.5, 0.6) is 11.5 Å². The number of nitriles is 1. The molecule has 0 aliphatic carbocycles. The van der Waals surface area contributed by atoms with Crippen molar-refractivity contribution >= 4 is 12.0 Å². The quantitative estimate of drug-likeness (QED) is 0.614. The lowest BCUT2D eigenvalue weighted by molar-refractivity contribution is -0.185. The molecule has 0 bridgehead atoms. The Kier molecular flexibility index (Phi) is 7.10. The van der Waals surface area contributed by atoms with Crippen molar-refractivity contribution in [3.05, 3.63) is 65.7 Å². The summed E-state index contributed by atoms with van der Waals surface area (Å²) < 4.78 is 39.0. The molecule has 146 valence electrons. The van der Waals surface area contributed by atoms with Gasteiger partial charge in [0.15, 0.2) is 6.10 Å². The van der Waals surface area contributed by atoms with Crippen LogP contribution in [0.15, 0.2) is 54.6 Å². The Bertz CT molecular complexity index is 855. The molecule has 1 atom stereocenters. The molecule has 0 fully saturated rings. The van der Waals surface area contributed by atoms with Crippen LogP contribution in [-0.4, -0.2) is 17.2 Å². The Morgan fingerprint density at radius 3 is 2.32 bits per heavy atom. The fourth-order valence-electron chi connectivity index (χ4n) is 2.33. The highest BCUT2D eigenvalue weighted by atomic mass is 19.3. The van der Waals surface area contributed by atoms with Gasteiger partial charge in [0.05, 0.1) is 5.56 Å². The van der Waals surface area contributed by atoms with E-state index in [1.54, 1.807) is 0 Å². The smallest absolute Gasteiger partial charge is 0.426 e. The Morgan fingerprint density at radius 1 is 1.18 bits per heavy atom. The van der Waals surface area contributed by atoms with Gasteiger partial charge in [0.25, 0.3) is 0 Å². The lowest BCUT2D eigenvalue weighted by Crippen LogP contribution is -2.22. The molecule has 0 spiro atoms. The van der Waals surface area contributed by atoms with Gasteiger partial charge < -0.3 is 14.6 Å². The number of rotatable bonds is 9. The molecule has 2 aromatic carbocycles. The summed E-state index contributed by atoms with van der Waals surface area (Å²) in [6, 6.07) is 12.7. The first-order valence-electron chi connectivity index (χ1n) is 8.58. The van der Waals surface area contributed by atoms with Crippen molar-refractivity contribution < 1.29 is 28.2 Å². The summed E-state index contributed by atoms with van der Waals surface area (Å²) in [5.74, 6) is -0.838. The number of carboxylic acids is 1. The van der Waals surface area contributed by atoms with Crippen LogP contribution in [0.1, 0.15) is 30.9 Å². The lowest BCUT2D eigenvalue weighted by atomic mass is 10.2. The second kappa shape index (κ2) is 9.51. The SMILES string of the molecule is CCCC(C#N)Oc1ccc(C(F)(F)Oc2ccc(C=CC(=O)O)cc2)cc1. The molecule has 0 radical (unpaired) electrons. The van der Waals surface area contributed by atoms with E-state index in [2.05, 4.69) is 0 Å². The predicted octanol–water partition coefficient (Wildman–Crippen LogP) is 4.98. The third-order valence-electron chi connectivity index (χ3n) is 3.71. The van der Waals surface area contributed by atoms with Crippen molar-refractivity contribution in [1.29, 1.82) is 5.26 Å². The van der Waals surface area contributed by atoms with Crippen LogP contribution < -0.4 is 9.47 Å². The number of alkyl halides is 2. The average Bonchev–Trinajstić information content (AvgIpc) is 2.67. The molecule has 0 aliphatic rings. The molecular weight excluding hydrogens is 368 g/mol. The highest BCUT2D eigenvalue weighted by Crippen LogP contribution is 2.32. The molecule has 28 heavy (non-hydrogen) atoms. The van der Waals surface area contributed by atoms with E-state index < -0.39 is 18.2 Å². The first-order chi connectivity index (χ1) is 13.3. The van der Waals surface area contributed by atoms with Crippen LogP contribution in [0.3, 0.4) is 0 Å². The van der Waals surface area contributed by atoms with Crippen LogP contribution in [0.4, 0.5) is 8.78 Å². The fourth-order valence-corrected chi connectivity index (χ4v) is 2.33. The summed E-state index contributed by atoms with van der Waals surface area (Å²) in [7, 11) is 0. The average molecular weight is 387 g/mol. The number of benzene rings is 2. The maximum Gasteiger partial charge on any atom is 0.426 e. The van der Waals surface area contributed by atoms with Gasteiger partial charge in [-0.15, -0.1) is 0 Å². The molecule has 1 N–H and O–H groups in total. The Balaban J connectivity index is 2.05. The first-order valence-corrected chi connectivity index (χ1v) is 8.58. The molecule has 1 unspecified atom stereocenters. The number of carboxylic acid groups (broad SMARTS) is 1. The third-order valence-corrected chi connectivity index (χ3v) is 3.71. The third kappa shape index (κ3) is 6.09. The Hall–Kier alpha value is -3.40. The zero-order valence-corrected chi connectivity index (χ0v) is 15.1. The van der Waals surface area contributed by atoms with Gasteiger partial charge in [-0.2, -0.15) is 14.0 Å². The maximum atomic E-state index is 14.4. The van der Waals surface area contributed by atoms with Crippen molar-refractivity contribution in [3.8, 4) is 17.6 Å². The van der Waals surface area contributed by atoms with Gasteiger partial charge in [-0.25, -0.2) is 4.79 Å². The Labute approximate surface area is 161 Å². The van der Waals surface area contributed by atoms with E-state index in [0.29, 0.717) is 17.7 Å². The van der Waals surface area contributed by atoms with Crippen molar-refractivity contribution in [3.63, 3.8) is 0 Å². The number of halogens is 2. The van der Waals surface area contributed by atoms with Gasteiger partial charge in [0.1, 0.15) is 17.6 Å². The number of hydrogen-bond acceptors (Lipinski definition) is 4. The number of carbonyl (C=O) groups is 1. The van der Waals surface area contributed by atoms with Crippen LogP contribution in [0, 0.1) is 11.3 Å². The molecule has 0 aliphatic heterocycles. The molecule has 0 saturated heterocycles. The van der Waals surface area contributed by atoms with E-state index in [9.17, 15) is 13.6 Å². The zero-order chi connectivity index (χ0) is 20.6. The summed E-state index contributed by atoms with van der Waals surface area (Å²) in [5.41, 5.74) is 0.178. The summed E-state index contributed by atoms with van der Waals surface area (Å²) in [6.45, 7) is 1.92. The molecule has 2 aromatic rings. The minimum absolute atomic E-state index is 0.0645. The standard InChI is InChI=1S/C21H19F2NO4/c1-2-3-19(14-24)27-17-11-7-16(8-12-17)21(22,23)28-18-9-4-15(5-10-18)6-13-20(25)26/h4-13,19H,2-3H2,1H3,(H,25,26). The van der Waals surface area contributed by atoms with E-state index in [-0.39, 0.29) is 11.3 Å². The minimum Gasteiger partial charge on any atom is -0.478 e. The van der Waals surface area contributed by atoms with Crippen molar-refractivity contribution in [1.82, 2.24) is 0 Å². The first kappa shape index (κ1) is 20.9. The van der Waals surface area contributed by atoms with Gasteiger partial charge >= 0.3 is 12.1 Å². The molecule has 0 amide bonds. The molecule has 2 rings (SSSR count). The molecule has 5 nitrogen and oxygen atoms in total. The van der Waals surface area contributed by atoms with Crippen molar-refractivity contribution in [2.75, 3.05) is 0 Å². The number of hydrogen-bond donors (Lipinski definition) is 1. The van der Waals surface area contributed by atoms with Gasteiger partial charge in [0.2, 0.25) is 0 Å². The van der Waals surface area contributed by atoms with Gasteiger partial charge in [-0.05, 0) is 54.5 Å². The van der Waals surface area contributed by atoms with Gasteiger partial charge in [0, 0.05) is 6.08 Å². The number of nitrogens with zero attached hydrogens (tertiary/aromatic N) is 1. The topological polar surface area (TPSA) is 79.5 Å².